The van der Waals surface area contributed by atoms with Gasteiger partial charge in [0.1, 0.15) is 0 Å². The first-order chi connectivity index (χ1) is 6.34. The van der Waals surface area contributed by atoms with Crippen molar-refractivity contribution in [3.8, 4) is 0 Å². The van der Waals surface area contributed by atoms with Crippen LogP contribution in [-0.2, 0) is 4.84 Å². The highest BCUT2D eigenvalue weighted by Gasteiger charge is 2.04. The summed E-state index contributed by atoms with van der Waals surface area (Å²) < 4.78 is 0. The number of rotatable bonds is 5. The average Bonchev–Trinajstić information content (AvgIpc) is 2.65. The standard InChI is InChI=1S/C9H13NO2S/c1-2-3-6-12-10-9(11)8-5-4-7-13-8/h4-5,7H,2-3,6H2,1H3,(H,10,11). The van der Waals surface area contributed by atoms with Gasteiger partial charge in [-0.05, 0) is 17.9 Å². The van der Waals surface area contributed by atoms with Gasteiger partial charge in [-0.2, -0.15) is 0 Å². The molecule has 0 aliphatic rings. The first kappa shape index (κ1) is 10.2. The molecule has 0 bridgehead atoms. The van der Waals surface area contributed by atoms with Gasteiger partial charge >= 0.3 is 0 Å². The third-order valence-electron chi connectivity index (χ3n) is 1.51. The number of hydroxylamine groups is 1. The smallest absolute Gasteiger partial charge is 0.273 e. The number of nitrogens with one attached hydrogen (secondary N) is 1. The first-order valence-corrected chi connectivity index (χ1v) is 5.18. The molecule has 1 heterocycles. The van der Waals surface area contributed by atoms with Gasteiger partial charge in [0, 0.05) is 0 Å². The molecule has 72 valence electrons. The van der Waals surface area contributed by atoms with Gasteiger partial charge < -0.3 is 0 Å². The largest absolute Gasteiger partial charge is 0.284 e. The molecule has 1 aromatic rings. The van der Waals surface area contributed by atoms with E-state index in [4.69, 9.17) is 4.84 Å². The number of thiophene rings is 1. The molecule has 0 aliphatic carbocycles. The molecule has 13 heavy (non-hydrogen) atoms. The lowest BCUT2D eigenvalue weighted by Gasteiger charge is -2.02. The van der Waals surface area contributed by atoms with E-state index >= 15 is 0 Å². The maximum atomic E-state index is 11.2. The van der Waals surface area contributed by atoms with Crippen LogP contribution in [0.3, 0.4) is 0 Å². The second-order valence-corrected chi connectivity index (χ2v) is 3.56. The average molecular weight is 199 g/mol. The normalized spacial score (nSPS) is 9.92. The van der Waals surface area contributed by atoms with Crippen LogP contribution in [0.2, 0.25) is 0 Å². The van der Waals surface area contributed by atoms with Crippen LogP contribution in [0.25, 0.3) is 0 Å². The van der Waals surface area contributed by atoms with Crippen LogP contribution < -0.4 is 5.48 Å². The van der Waals surface area contributed by atoms with Crippen molar-refractivity contribution in [3.63, 3.8) is 0 Å². The van der Waals surface area contributed by atoms with Crippen LogP contribution in [0.15, 0.2) is 17.5 Å². The van der Waals surface area contributed by atoms with Crippen molar-refractivity contribution < 1.29 is 9.63 Å². The Balaban J connectivity index is 2.19. The minimum Gasteiger partial charge on any atom is -0.273 e. The summed E-state index contributed by atoms with van der Waals surface area (Å²) in [5.41, 5.74) is 2.39. The van der Waals surface area contributed by atoms with Gasteiger partial charge in [0.15, 0.2) is 0 Å². The van der Waals surface area contributed by atoms with E-state index < -0.39 is 0 Å². The molecule has 0 saturated carbocycles. The quantitative estimate of drug-likeness (QED) is 0.583. The van der Waals surface area contributed by atoms with Crippen molar-refractivity contribution >= 4 is 17.2 Å². The minimum atomic E-state index is -0.161. The molecule has 0 atom stereocenters. The zero-order valence-corrected chi connectivity index (χ0v) is 8.39. The fourth-order valence-electron chi connectivity index (χ4n) is 0.791. The maximum Gasteiger partial charge on any atom is 0.284 e. The second kappa shape index (κ2) is 5.72. The highest BCUT2D eigenvalue weighted by atomic mass is 32.1. The fraction of sp³-hybridized carbons (Fsp3) is 0.444. The summed E-state index contributed by atoms with van der Waals surface area (Å²) >= 11 is 1.40. The predicted octanol–water partition coefficient (Wildman–Crippen LogP) is 2.21. The lowest BCUT2D eigenvalue weighted by molar-refractivity contribution is 0.0305. The monoisotopic (exact) mass is 199 g/mol. The molecular weight excluding hydrogens is 186 g/mol. The molecule has 0 spiro atoms. The van der Waals surface area contributed by atoms with E-state index in [2.05, 4.69) is 12.4 Å². The van der Waals surface area contributed by atoms with Gasteiger partial charge in [-0.25, -0.2) is 5.48 Å². The summed E-state index contributed by atoms with van der Waals surface area (Å²) in [5.74, 6) is -0.161. The molecule has 0 saturated heterocycles. The van der Waals surface area contributed by atoms with Crippen LogP contribution in [0.1, 0.15) is 29.4 Å². The predicted molar refractivity (Wildman–Crippen MR) is 52.6 cm³/mol. The number of unbranched alkanes of at least 4 members (excludes halogenated alkanes) is 1. The van der Waals surface area contributed by atoms with Gasteiger partial charge in [-0.1, -0.05) is 19.4 Å². The molecule has 1 rings (SSSR count). The highest BCUT2D eigenvalue weighted by molar-refractivity contribution is 7.12. The fourth-order valence-corrected chi connectivity index (χ4v) is 1.40. The summed E-state index contributed by atoms with van der Waals surface area (Å²) in [5, 5.41) is 1.86. The molecule has 1 aromatic heterocycles. The summed E-state index contributed by atoms with van der Waals surface area (Å²) in [4.78, 5) is 16.9. The molecule has 0 fully saturated rings. The van der Waals surface area contributed by atoms with E-state index in [1.54, 1.807) is 6.07 Å². The van der Waals surface area contributed by atoms with E-state index in [0.29, 0.717) is 11.5 Å². The van der Waals surface area contributed by atoms with Crippen molar-refractivity contribution in [2.75, 3.05) is 6.61 Å². The zero-order valence-electron chi connectivity index (χ0n) is 7.58. The van der Waals surface area contributed by atoms with E-state index in [1.807, 2.05) is 11.4 Å². The molecule has 0 radical (unpaired) electrons. The van der Waals surface area contributed by atoms with Gasteiger partial charge in [0.25, 0.3) is 5.91 Å². The molecule has 1 N–H and O–H groups in total. The Bertz CT molecular complexity index is 246. The molecular formula is C9H13NO2S. The maximum absolute atomic E-state index is 11.2. The summed E-state index contributed by atoms with van der Waals surface area (Å²) in [6.45, 7) is 2.65. The molecule has 4 heteroatoms. The Kier molecular flexibility index (Phi) is 4.49. The van der Waals surface area contributed by atoms with E-state index in [-0.39, 0.29) is 5.91 Å². The number of hydrogen-bond acceptors (Lipinski definition) is 3. The van der Waals surface area contributed by atoms with Crippen LogP contribution >= 0.6 is 11.3 Å². The lowest BCUT2D eigenvalue weighted by Crippen LogP contribution is -2.23. The number of carbonyl (C=O) groups excluding carboxylic acids is 1. The van der Waals surface area contributed by atoms with Gasteiger partial charge in [0.05, 0.1) is 11.5 Å². The van der Waals surface area contributed by atoms with Crippen LogP contribution in [0.5, 0.6) is 0 Å². The Labute approximate surface area is 81.7 Å². The van der Waals surface area contributed by atoms with Gasteiger partial charge in [0.2, 0.25) is 0 Å². The van der Waals surface area contributed by atoms with Gasteiger partial charge in [-0.15, -0.1) is 11.3 Å². The molecule has 0 aromatic carbocycles. The topological polar surface area (TPSA) is 38.3 Å². The van der Waals surface area contributed by atoms with Gasteiger partial charge in [-0.3, -0.25) is 9.63 Å². The zero-order chi connectivity index (χ0) is 9.52. The van der Waals surface area contributed by atoms with Crippen molar-refractivity contribution in [2.24, 2.45) is 0 Å². The number of amides is 1. The second-order valence-electron chi connectivity index (χ2n) is 2.61. The third kappa shape index (κ3) is 3.57. The Morgan fingerprint density at radius 1 is 1.69 bits per heavy atom. The molecule has 0 aliphatic heterocycles. The Hall–Kier alpha value is -0.870. The minimum absolute atomic E-state index is 0.161. The Morgan fingerprint density at radius 2 is 2.54 bits per heavy atom. The van der Waals surface area contributed by atoms with Crippen molar-refractivity contribution in [1.82, 2.24) is 5.48 Å². The molecule has 1 amide bonds. The van der Waals surface area contributed by atoms with E-state index in [1.165, 1.54) is 11.3 Å². The van der Waals surface area contributed by atoms with E-state index in [9.17, 15) is 4.79 Å². The van der Waals surface area contributed by atoms with Crippen LogP contribution in [0, 0.1) is 0 Å². The first-order valence-electron chi connectivity index (χ1n) is 4.30. The summed E-state index contributed by atoms with van der Waals surface area (Å²) in [6, 6.07) is 3.61. The number of carbonyl (C=O) groups is 1. The van der Waals surface area contributed by atoms with Crippen molar-refractivity contribution in [1.29, 1.82) is 0 Å². The Morgan fingerprint density at radius 3 is 3.15 bits per heavy atom. The highest BCUT2D eigenvalue weighted by Crippen LogP contribution is 2.07. The molecule has 0 unspecified atom stereocenters. The van der Waals surface area contributed by atoms with Crippen molar-refractivity contribution in [3.05, 3.63) is 22.4 Å². The lowest BCUT2D eigenvalue weighted by atomic mass is 10.4. The summed E-state index contributed by atoms with van der Waals surface area (Å²) in [7, 11) is 0. The van der Waals surface area contributed by atoms with Crippen molar-refractivity contribution in [2.45, 2.75) is 19.8 Å². The van der Waals surface area contributed by atoms with Crippen LogP contribution in [-0.4, -0.2) is 12.5 Å². The SMILES string of the molecule is CCCCONC(=O)c1cccs1. The summed E-state index contributed by atoms with van der Waals surface area (Å²) in [6.07, 6.45) is 2.03. The number of hydrogen-bond donors (Lipinski definition) is 1. The van der Waals surface area contributed by atoms with Crippen LogP contribution in [0.4, 0.5) is 0 Å². The van der Waals surface area contributed by atoms with E-state index in [0.717, 1.165) is 12.8 Å². The molecule has 3 nitrogen and oxygen atoms in total. The third-order valence-corrected chi connectivity index (χ3v) is 2.38.